The van der Waals surface area contributed by atoms with E-state index >= 15 is 0 Å². The highest BCUT2D eigenvalue weighted by molar-refractivity contribution is 7.99. The van der Waals surface area contributed by atoms with Crippen LogP contribution in [0.15, 0.2) is 40.9 Å². The second kappa shape index (κ2) is 8.92. The number of ether oxygens (including phenoxy) is 2. The zero-order chi connectivity index (χ0) is 19.2. The molecule has 2 heterocycles. The van der Waals surface area contributed by atoms with Crippen molar-refractivity contribution in [3.63, 3.8) is 0 Å². The number of thiophene rings is 1. The zero-order valence-corrected chi connectivity index (χ0v) is 16.9. The van der Waals surface area contributed by atoms with E-state index in [4.69, 9.17) is 9.47 Å². The summed E-state index contributed by atoms with van der Waals surface area (Å²) in [5.74, 6) is 2.10. The SMILES string of the molecule is CCn1c(SCC(=O)Nc2cc(OC)ccc2OC)nnc1-c1cccs1. The number of methoxy groups -OCH3 is 2. The molecule has 1 aromatic carbocycles. The fourth-order valence-corrected chi connectivity index (χ4v) is 4.02. The van der Waals surface area contributed by atoms with E-state index < -0.39 is 0 Å². The van der Waals surface area contributed by atoms with Crippen LogP contribution in [0.5, 0.6) is 11.5 Å². The molecule has 27 heavy (non-hydrogen) atoms. The predicted octanol–water partition coefficient (Wildman–Crippen LogP) is 3.77. The summed E-state index contributed by atoms with van der Waals surface area (Å²) in [6.45, 7) is 2.76. The van der Waals surface area contributed by atoms with Crippen molar-refractivity contribution in [3.8, 4) is 22.2 Å². The van der Waals surface area contributed by atoms with Gasteiger partial charge in [-0.05, 0) is 30.5 Å². The van der Waals surface area contributed by atoms with Crippen LogP contribution in [0, 0.1) is 0 Å². The predicted molar refractivity (Wildman–Crippen MR) is 108 cm³/mol. The number of amides is 1. The molecule has 9 heteroatoms. The van der Waals surface area contributed by atoms with Gasteiger partial charge in [0, 0.05) is 12.6 Å². The number of carbonyl (C=O) groups excluding carboxylic acids is 1. The molecule has 1 N–H and O–H groups in total. The van der Waals surface area contributed by atoms with Gasteiger partial charge in [0.15, 0.2) is 11.0 Å². The number of nitrogens with one attached hydrogen (secondary N) is 1. The number of aromatic nitrogens is 3. The topological polar surface area (TPSA) is 78.3 Å². The van der Waals surface area contributed by atoms with Crippen LogP contribution in [-0.2, 0) is 11.3 Å². The molecule has 0 aliphatic rings. The minimum absolute atomic E-state index is 0.158. The number of carbonyl (C=O) groups is 1. The maximum Gasteiger partial charge on any atom is 0.234 e. The minimum Gasteiger partial charge on any atom is -0.497 e. The number of benzene rings is 1. The van der Waals surface area contributed by atoms with Crippen molar-refractivity contribution in [2.45, 2.75) is 18.6 Å². The summed E-state index contributed by atoms with van der Waals surface area (Å²) < 4.78 is 12.5. The molecular formula is C18H20N4O3S2. The first-order chi connectivity index (χ1) is 13.2. The Morgan fingerprint density at radius 2 is 2.11 bits per heavy atom. The lowest BCUT2D eigenvalue weighted by molar-refractivity contribution is -0.113. The summed E-state index contributed by atoms with van der Waals surface area (Å²) in [7, 11) is 3.13. The Balaban J connectivity index is 1.68. The van der Waals surface area contributed by atoms with Crippen molar-refractivity contribution in [1.29, 1.82) is 0 Å². The van der Waals surface area contributed by atoms with Crippen LogP contribution in [0.1, 0.15) is 6.92 Å². The van der Waals surface area contributed by atoms with E-state index in [0.29, 0.717) is 22.3 Å². The number of hydrogen-bond donors (Lipinski definition) is 1. The van der Waals surface area contributed by atoms with Gasteiger partial charge in [-0.25, -0.2) is 0 Å². The average molecular weight is 405 g/mol. The van der Waals surface area contributed by atoms with Crippen molar-refractivity contribution in [3.05, 3.63) is 35.7 Å². The molecule has 0 saturated heterocycles. The van der Waals surface area contributed by atoms with Gasteiger partial charge in [0.1, 0.15) is 11.5 Å². The molecule has 3 rings (SSSR count). The second-order valence-corrected chi connectivity index (χ2v) is 7.32. The van der Waals surface area contributed by atoms with Crippen molar-refractivity contribution in [2.75, 3.05) is 25.3 Å². The number of hydrogen-bond acceptors (Lipinski definition) is 7. The Morgan fingerprint density at radius 1 is 1.26 bits per heavy atom. The van der Waals surface area contributed by atoms with Crippen LogP contribution in [-0.4, -0.2) is 40.6 Å². The third-order valence-corrected chi connectivity index (χ3v) is 5.62. The molecule has 142 valence electrons. The lowest BCUT2D eigenvalue weighted by Crippen LogP contribution is -2.15. The third-order valence-electron chi connectivity index (χ3n) is 3.79. The van der Waals surface area contributed by atoms with Crippen LogP contribution in [0.4, 0.5) is 5.69 Å². The Labute approximate surface area is 165 Å². The van der Waals surface area contributed by atoms with E-state index in [9.17, 15) is 4.79 Å². The van der Waals surface area contributed by atoms with E-state index in [2.05, 4.69) is 15.5 Å². The molecule has 0 spiro atoms. The van der Waals surface area contributed by atoms with Crippen LogP contribution in [0.3, 0.4) is 0 Å². The minimum atomic E-state index is -0.158. The standard InChI is InChI=1S/C18H20N4O3S2/c1-4-22-17(15-6-5-9-26-15)20-21-18(22)27-11-16(23)19-13-10-12(24-2)7-8-14(13)25-3/h5-10H,4,11H2,1-3H3,(H,19,23). The molecule has 7 nitrogen and oxygen atoms in total. The first kappa shape index (κ1) is 19.2. The van der Waals surface area contributed by atoms with E-state index in [0.717, 1.165) is 17.2 Å². The molecule has 3 aromatic rings. The van der Waals surface area contributed by atoms with Crippen LogP contribution >= 0.6 is 23.1 Å². The van der Waals surface area contributed by atoms with E-state index in [1.165, 1.54) is 11.8 Å². The molecule has 0 fully saturated rings. The number of rotatable bonds is 8. The van der Waals surface area contributed by atoms with Crippen molar-refractivity contribution < 1.29 is 14.3 Å². The van der Waals surface area contributed by atoms with Crippen molar-refractivity contribution >= 4 is 34.7 Å². The Morgan fingerprint density at radius 3 is 2.78 bits per heavy atom. The summed E-state index contributed by atoms with van der Waals surface area (Å²) in [6, 6.07) is 9.25. The largest absolute Gasteiger partial charge is 0.497 e. The van der Waals surface area contributed by atoms with Gasteiger partial charge < -0.3 is 19.4 Å². The normalized spacial score (nSPS) is 10.6. The van der Waals surface area contributed by atoms with E-state index in [1.54, 1.807) is 43.8 Å². The van der Waals surface area contributed by atoms with Gasteiger partial charge in [-0.1, -0.05) is 17.8 Å². The first-order valence-corrected chi connectivity index (χ1v) is 10.1. The van der Waals surface area contributed by atoms with Gasteiger partial charge in [0.2, 0.25) is 5.91 Å². The van der Waals surface area contributed by atoms with Gasteiger partial charge in [-0.2, -0.15) is 0 Å². The average Bonchev–Trinajstić information content (AvgIpc) is 3.35. The van der Waals surface area contributed by atoms with Gasteiger partial charge in [-0.15, -0.1) is 21.5 Å². The highest BCUT2D eigenvalue weighted by Crippen LogP contribution is 2.30. The summed E-state index contributed by atoms with van der Waals surface area (Å²) in [6.07, 6.45) is 0. The number of anilines is 1. The zero-order valence-electron chi connectivity index (χ0n) is 15.3. The Hall–Kier alpha value is -2.52. The lowest BCUT2D eigenvalue weighted by Gasteiger charge is -2.11. The van der Waals surface area contributed by atoms with Crippen LogP contribution in [0.25, 0.3) is 10.7 Å². The third kappa shape index (κ3) is 4.42. The molecule has 0 aliphatic carbocycles. The lowest BCUT2D eigenvalue weighted by atomic mass is 10.2. The van der Waals surface area contributed by atoms with Gasteiger partial charge in [0.25, 0.3) is 0 Å². The van der Waals surface area contributed by atoms with E-state index in [-0.39, 0.29) is 11.7 Å². The highest BCUT2D eigenvalue weighted by Gasteiger charge is 2.16. The van der Waals surface area contributed by atoms with Gasteiger partial charge in [0.05, 0.1) is 30.5 Å². The highest BCUT2D eigenvalue weighted by atomic mass is 32.2. The molecule has 0 saturated carbocycles. The summed E-state index contributed by atoms with van der Waals surface area (Å²) in [4.78, 5) is 13.5. The Kier molecular flexibility index (Phi) is 6.36. The fourth-order valence-electron chi connectivity index (χ4n) is 2.50. The molecule has 0 bridgehead atoms. The molecule has 0 unspecified atom stereocenters. The molecule has 2 aromatic heterocycles. The molecule has 0 aliphatic heterocycles. The molecule has 0 atom stereocenters. The molecular weight excluding hydrogens is 384 g/mol. The summed E-state index contributed by atoms with van der Waals surface area (Å²) in [5, 5.41) is 14.1. The van der Waals surface area contributed by atoms with Crippen molar-refractivity contribution in [1.82, 2.24) is 14.8 Å². The smallest absolute Gasteiger partial charge is 0.234 e. The first-order valence-electron chi connectivity index (χ1n) is 8.28. The number of thioether (sulfide) groups is 1. The van der Waals surface area contributed by atoms with Crippen LogP contribution < -0.4 is 14.8 Å². The fraction of sp³-hybridized carbons (Fsp3) is 0.278. The second-order valence-electron chi connectivity index (χ2n) is 5.43. The Bertz CT molecular complexity index is 909. The van der Waals surface area contributed by atoms with Gasteiger partial charge in [-0.3, -0.25) is 4.79 Å². The molecule has 1 amide bonds. The summed E-state index contributed by atoms with van der Waals surface area (Å²) in [5.41, 5.74) is 0.568. The monoisotopic (exact) mass is 404 g/mol. The summed E-state index contributed by atoms with van der Waals surface area (Å²) >= 11 is 2.97. The van der Waals surface area contributed by atoms with E-state index in [1.807, 2.05) is 29.0 Å². The van der Waals surface area contributed by atoms with Crippen molar-refractivity contribution in [2.24, 2.45) is 0 Å². The van der Waals surface area contributed by atoms with Gasteiger partial charge >= 0.3 is 0 Å². The maximum atomic E-state index is 12.4. The maximum absolute atomic E-state index is 12.4. The van der Waals surface area contributed by atoms with Crippen LogP contribution in [0.2, 0.25) is 0 Å². The molecule has 0 radical (unpaired) electrons. The number of nitrogens with zero attached hydrogens (tertiary/aromatic N) is 3. The quantitative estimate of drug-likeness (QED) is 0.576.